The first kappa shape index (κ1) is 16.4. The van der Waals surface area contributed by atoms with E-state index < -0.39 is 0 Å². The van der Waals surface area contributed by atoms with Crippen molar-refractivity contribution in [2.45, 2.75) is 32.0 Å². The molecule has 0 radical (unpaired) electrons. The standard InChI is InChI=1S/C12H18N2O2S3/c1-5-14(6-2)12(17)19-11-13-8(4)9(18-11)10(15)16-7-3/h5-7H2,1-4H3. The summed E-state index contributed by atoms with van der Waals surface area (Å²) in [6.45, 7) is 9.85. The zero-order chi connectivity index (χ0) is 14.4. The Morgan fingerprint density at radius 2 is 2.05 bits per heavy atom. The maximum absolute atomic E-state index is 11.7. The van der Waals surface area contributed by atoms with Crippen LogP contribution in [0.3, 0.4) is 0 Å². The van der Waals surface area contributed by atoms with Crippen LogP contribution in [-0.2, 0) is 4.74 Å². The highest BCUT2D eigenvalue weighted by molar-refractivity contribution is 8.23. The third-order valence-corrected chi connectivity index (χ3v) is 5.07. The molecule has 0 N–H and O–H groups in total. The molecule has 4 nitrogen and oxygen atoms in total. The van der Waals surface area contributed by atoms with E-state index in [-0.39, 0.29) is 5.97 Å². The number of nitrogens with zero attached hydrogens (tertiary/aromatic N) is 2. The fourth-order valence-corrected chi connectivity index (χ4v) is 4.14. The number of ether oxygens (including phenoxy) is 1. The van der Waals surface area contributed by atoms with Crippen molar-refractivity contribution in [3.05, 3.63) is 10.6 Å². The van der Waals surface area contributed by atoms with E-state index >= 15 is 0 Å². The second-order valence-electron chi connectivity index (χ2n) is 3.66. The van der Waals surface area contributed by atoms with Crippen LogP contribution in [0.4, 0.5) is 0 Å². The Hall–Kier alpha value is -0.660. The highest BCUT2D eigenvalue weighted by Crippen LogP contribution is 2.29. The van der Waals surface area contributed by atoms with Crippen molar-refractivity contribution in [3.63, 3.8) is 0 Å². The van der Waals surface area contributed by atoms with Crippen molar-refractivity contribution in [3.8, 4) is 0 Å². The van der Waals surface area contributed by atoms with Crippen LogP contribution in [0.2, 0.25) is 0 Å². The molecule has 0 aliphatic heterocycles. The van der Waals surface area contributed by atoms with Gasteiger partial charge in [-0.2, -0.15) is 0 Å². The summed E-state index contributed by atoms with van der Waals surface area (Å²) in [5, 5.41) is 0. The first-order valence-electron chi connectivity index (χ1n) is 6.14. The topological polar surface area (TPSA) is 42.4 Å². The minimum absolute atomic E-state index is 0.307. The molecule has 0 aliphatic carbocycles. The largest absolute Gasteiger partial charge is 0.462 e. The Kier molecular flexibility index (Phi) is 6.74. The molecule has 1 aromatic rings. The number of hydrogen-bond acceptors (Lipinski definition) is 6. The molecule has 1 rings (SSSR count). The molecule has 0 saturated heterocycles. The molecule has 0 spiro atoms. The van der Waals surface area contributed by atoms with Gasteiger partial charge in [-0.25, -0.2) is 9.78 Å². The van der Waals surface area contributed by atoms with Crippen LogP contribution in [-0.4, -0.2) is 39.9 Å². The predicted molar refractivity (Wildman–Crippen MR) is 84.2 cm³/mol. The fraction of sp³-hybridized carbons (Fsp3) is 0.583. The predicted octanol–water partition coefficient (Wildman–Crippen LogP) is 3.35. The van der Waals surface area contributed by atoms with Crippen molar-refractivity contribution >= 4 is 45.6 Å². The summed E-state index contributed by atoms with van der Waals surface area (Å²) < 4.78 is 6.57. The van der Waals surface area contributed by atoms with Gasteiger partial charge in [0.1, 0.15) is 9.20 Å². The molecular weight excluding hydrogens is 300 g/mol. The summed E-state index contributed by atoms with van der Waals surface area (Å²) in [5.41, 5.74) is 0.702. The zero-order valence-corrected chi connectivity index (χ0v) is 14.0. The lowest BCUT2D eigenvalue weighted by Crippen LogP contribution is -2.26. The van der Waals surface area contributed by atoms with E-state index in [0.717, 1.165) is 21.7 Å². The molecule has 0 amide bonds. The van der Waals surface area contributed by atoms with Crippen LogP contribution < -0.4 is 0 Å². The van der Waals surface area contributed by atoms with Crippen LogP contribution in [0.1, 0.15) is 36.1 Å². The number of aryl methyl sites for hydroxylation is 1. The third-order valence-electron chi connectivity index (χ3n) is 2.43. The van der Waals surface area contributed by atoms with Crippen LogP contribution in [0.15, 0.2) is 4.34 Å². The monoisotopic (exact) mass is 318 g/mol. The van der Waals surface area contributed by atoms with Gasteiger partial charge in [0.05, 0.1) is 12.3 Å². The van der Waals surface area contributed by atoms with Crippen molar-refractivity contribution in [2.24, 2.45) is 0 Å². The first-order chi connectivity index (χ1) is 9.03. The van der Waals surface area contributed by atoms with Crippen molar-refractivity contribution in [1.82, 2.24) is 9.88 Å². The number of hydrogen-bond donors (Lipinski definition) is 0. The summed E-state index contributed by atoms with van der Waals surface area (Å²) in [7, 11) is 0. The number of aromatic nitrogens is 1. The van der Waals surface area contributed by atoms with Gasteiger partial charge < -0.3 is 9.64 Å². The lowest BCUT2D eigenvalue weighted by molar-refractivity contribution is 0.0531. The molecule has 0 aromatic carbocycles. The molecule has 1 heterocycles. The average molecular weight is 318 g/mol. The van der Waals surface area contributed by atoms with E-state index in [0.29, 0.717) is 17.2 Å². The Bertz CT molecular complexity index is 456. The van der Waals surface area contributed by atoms with E-state index in [2.05, 4.69) is 23.7 Å². The van der Waals surface area contributed by atoms with E-state index in [1.165, 1.54) is 23.1 Å². The third kappa shape index (κ3) is 4.43. The van der Waals surface area contributed by atoms with E-state index in [9.17, 15) is 4.79 Å². The van der Waals surface area contributed by atoms with Crippen LogP contribution >= 0.6 is 35.3 Å². The second kappa shape index (κ2) is 7.81. The smallest absolute Gasteiger partial charge is 0.350 e. The number of thioether (sulfide) groups is 1. The number of carbonyl (C=O) groups is 1. The van der Waals surface area contributed by atoms with Gasteiger partial charge in [-0.05, 0) is 39.5 Å². The number of thiazole rings is 1. The molecule has 0 bridgehead atoms. The number of rotatable bonds is 5. The zero-order valence-electron chi connectivity index (χ0n) is 11.6. The Morgan fingerprint density at radius 3 is 2.58 bits per heavy atom. The van der Waals surface area contributed by atoms with Gasteiger partial charge in [0.15, 0.2) is 4.34 Å². The summed E-state index contributed by atoms with van der Waals surface area (Å²) >= 11 is 8.13. The highest BCUT2D eigenvalue weighted by atomic mass is 32.2. The highest BCUT2D eigenvalue weighted by Gasteiger charge is 2.18. The minimum atomic E-state index is -0.307. The maximum atomic E-state index is 11.7. The lowest BCUT2D eigenvalue weighted by Gasteiger charge is -2.19. The molecular formula is C12H18N2O2S3. The fourth-order valence-electron chi connectivity index (χ4n) is 1.42. The Morgan fingerprint density at radius 1 is 1.42 bits per heavy atom. The van der Waals surface area contributed by atoms with Gasteiger partial charge >= 0.3 is 5.97 Å². The van der Waals surface area contributed by atoms with Gasteiger partial charge in [0, 0.05) is 13.1 Å². The van der Waals surface area contributed by atoms with Crippen molar-refractivity contribution in [2.75, 3.05) is 19.7 Å². The molecule has 0 fully saturated rings. The van der Waals surface area contributed by atoms with Gasteiger partial charge in [-0.15, -0.1) is 0 Å². The van der Waals surface area contributed by atoms with E-state index in [1.807, 2.05) is 6.92 Å². The molecule has 7 heteroatoms. The molecule has 19 heavy (non-hydrogen) atoms. The Balaban J connectivity index is 2.78. The first-order valence-corrected chi connectivity index (χ1v) is 8.18. The molecule has 0 aliphatic rings. The molecule has 0 saturated carbocycles. The molecule has 0 atom stereocenters. The number of esters is 1. The molecule has 106 valence electrons. The molecule has 0 unspecified atom stereocenters. The summed E-state index contributed by atoms with van der Waals surface area (Å²) in [4.78, 5) is 18.7. The van der Waals surface area contributed by atoms with Gasteiger partial charge in [-0.3, -0.25) is 0 Å². The normalized spacial score (nSPS) is 10.3. The number of thiocarbonyl (C=S) groups is 1. The van der Waals surface area contributed by atoms with Crippen LogP contribution in [0.5, 0.6) is 0 Å². The maximum Gasteiger partial charge on any atom is 0.350 e. The summed E-state index contributed by atoms with van der Waals surface area (Å²) in [5.74, 6) is -0.307. The summed E-state index contributed by atoms with van der Waals surface area (Å²) in [6.07, 6.45) is 0. The SMILES string of the molecule is CCOC(=O)c1sc(SC(=S)N(CC)CC)nc1C. The van der Waals surface area contributed by atoms with Gasteiger partial charge in [-0.1, -0.05) is 23.6 Å². The minimum Gasteiger partial charge on any atom is -0.462 e. The second-order valence-corrected chi connectivity index (χ2v) is 6.54. The van der Waals surface area contributed by atoms with E-state index in [4.69, 9.17) is 17.0 Å². The van der Waals surface area contributed by atoms with Crippen molar-refractivity contribution in [1.29, 1.82) is 0 Å². The number of carbonyl (C=O) groups excluding carboxylic acids is 1. The lowest BCUT2D eigenvalue weighted by atomic mass is 10.4. The van der Waals surface area contributed by atoms with Gasteiger partial charge in [0.2, 0.25) is 0 Å². The van der Waals surface area contributed by atoms with Crippen molar-refractivity contribution < 1.29 is 9.53 Å². The summed E-state index contributed by atoms with van der Waals surface area (Å²) in [6, 6.07) is 0. The van der Waals surface area contributed by atoms with Gasteiger partial charge in [0.25, 0.3) is 0 Å². The van der Waals surface area contributed by atoms with Crippen LogP contribution in [0.25, 0.3) is 0 Å². The Labute approximate surface area is 127 Å². The molecule has 1 aromatic heterocycles. The van der Waals surface area contributed by atoms with Crippen LogP contribution in [0, 0.1) is 6.92 Å². The van der Waals surface area contributed by atoms with E-state index in [1.54, 1.807) is 6.92 Å². The average Bonchev–Trinajstić information content (AvgIpc) is 2.72. The quantitative estimate of drug-likeness (QED) is 0.471.